The molecule has 72 valence electrons. The molecule has 1 saturated heterocycles. The second-order valence-corrected chi connectivity index (χ2v) is 2.81. The van der Waals surface area contributed by atoms with Gasteiger partial charge in [-0.25, -0.2) is 0 Å². The third-order valence-electron chi connectivity index (χ3n) is 1.96. The molecule has 0 aromatic rings. The second-order valence-electron chi connectivity index (χ2n) is 2.81. The Balaban J connectivity index is 2.63. The molecular weight excluding hydrogens is 166 g/mol. The minimum atomic E-state index is -1.44. The molecule has 0 radical (unpaired) electrons. The van der Waals surface area contributed by atoms with Crippen molar-refractivity contribution >= 4 is 0 Å². The Bertz CT molecular complexity index is 150. The Hall–Kier alpha value is -0.240. The van der Waals surface area contributed by atoms with E-state index in [1.165, 1.54) is 0 Å². The lowest BCUT2D eigenvalue weighted by atomic mass is 9.97. The zero-order valence-electron chi connectivity index (χ0n) is 6.37. The van der Waals surface area contributed by atoms with Crippen LogP contribution in [0.15, 0.2) is 0 Å². The van der Waals surface area contributed by atoms with E-state index in [4.69, 9.17) is 21.1 Å². The van der Waals surface area contributed by atoms with E-state index in [0.29, 0.717) is 0 Å². The minimum Gasteiger partial charge on any atom is -0.394 e. The van der Waals surface area contributed by atoms with E-state index in [2.05, 4.69) is 4.74 Å². The van der Waals surface area contributed by atoms with Crippen molar-refractivity contribution in [2.24, 2.45) is 5.73 Å². The van der Waals surface area contributed by atoms with Crippen molar-refractivity contribution in [3.05, 3.63) is 0 Å². The van der Waals surface area contributed by atoms with Gasteiger partial charge in [0.2, 0.25) is 0 Å². The third kappa shape index (κ3) is 1.58. The lowest BCUT2D eigenvalue weighted by Gasteiger charge is -2.38. The Labute approximate surface area is 69.2 Å². The first-order valence-corrected chi connectivity index (χ1v) is 3.64. The Morgan fingerprint density at radius 2 is 1.75 bits per heavy atom. The lowest BCUT2D eigenvalue weighted by molar-refractivity contribution is -0.258. The summed E-state index contributed by atoms with van der Waals surface area (Å²) in [6.07, 6.45) is -4.85. The summed E-state index contributed by atoms with van der Waals surface area (Å²) >= 11 is 0. The number of ether oxygens (including phenoxy) is 1. The van der Waals surface area contributed by atoms with Gasteiger partial charge < -0.3 is 30.9 Å². The maximum absolute atomic E-state index is 9.24. The van der Waals surface area contributed by atoms with E-state index in [0.717, 1.165) is 0 Å². The third-order valence-corrected chi connectivity index (χ3v) is 1.96. The van der Waals surface area contributed by atoms with E-state index >= 15 is 0 Å². The van der Waals surface area contributed by atoms with Gasteiger partial charge in [-0.2, -0.15) is 0 Å². The van der Waals surface area contributed by atoms with E-state index in [1.807, 2.05) is 0 Å². The molecule has 1 aliphatic heterocycles. The number of rotatable bonds is 1. The van der Waals surface area contributed by atoms with Gasteiger partial charge >= 0.3 is 0 Å². The van der Waals surface area contributed by atoms with Gasteiger partial charge in [0.15, 0.2) is 6.29 Å². The molecular formula is C6H13NO5. The number of aliphatic hydroxyl groups excluding tert-OH is 4. The monoisotopic (exact) mass is 179 g/mol. The number of aliphatic hydroxyl groups is 4. The van der Waals surface area contributed by atoms with Crippen molar-refractivity contribution in [2.45, 2.75) is 30.6 Å². The predicted octanol–water partition coefficient (Wildman–Crippen LogP) is -3.26. The first-order chi connectivity index (χ1) is 5.57. The molecule has 0 saturated carbocycles. The maximum atomic E-state index is 9.24. The molecule has 6 nitrogen and oxygen atoms in total. The van der Waals surface area contributed by atoms with Crippen LogP contribution in [0.25, 0.3) is 0 Å². The largest absolute Gasteiger partial charge is 0.394 e. The molecule has 0 aliphatic carbocycles. The first kappa shape index (κ1) is 9.85. The summed E-state index contributed by atoms with van der Waals surface area (Å²) in [7, 11) is 0. The highest BCUT2D eigenvalue weighted by atomic mass is 16.6. The van der Waals surface area contributed by atoms with Gasteiger partial charge in [0.25, 0.3) is 0 Å². The molecule has 1 fully saturated rings. The van der Waals surface area contributed by atoms with Crippen molar-refractivity contribution < 1.29 is 25.2 Å². The van der Waals surface area contributed by atoms with Crippen molar-refractivity contribution in [1.29, 1.82) is 0 Å². The van der Waals surface area contributed by atoms with Gasteiger partial charge in [0.05, 0.1) is 12.6 Å². The van der Waals surface area contributed by atoms with Gasteiger partial charge in [-0.3, -0.25) is 0 Å². The first-order valence-electron chi connectivity index (χ1n) is 3.64. The fourth-order valence-corrected chi connectivity index (χ4v) is 1.13. The summed E-state index contributed by atoms with van der Waals surface area (Å²) < 4.78 is 4.66. The molecule has 0 aromatic carbocycles. The van der Waals surface area contributed by atoms with E-state index in [-0.39, 0.29) is 0 Å². The smallest absolute Gasteiger partial charge is 0.183 e. The van der Waals surface area contributed by atoms with Crippen LogP contribution >= 0.6 is 0 Å². The summed E-state index contributed by atoms with van der Waals surface area (Å²) in [4.78, 5) is 0. The standard InChI is InChI=1S/C6H13NO5/c7-3-4(9)2(1-8)12-6(11)5(3)10/h2-6,8-11H,1,7H2/t2-,3-,4-,5-,6+/m1/s1. The molecule has 0 bridgehead atoms. The summed E-state index contributed by atoms with van der Waals surface area (Å²) in [5.74, 6) is 0. The van der Waals surface area contributed by atoms with Gasteiger partial charge in [-0.15, -0.1) is 0 Å². The second kappa shape index (κ2) is 3.65. The van der Waals surface area contributed by atoms with Crippen molar-refractivity contribution in [1.82, 2.24) is 0 Å². The molecule has 0 aromatic heterocycles. The van der Waals surface area contributed by atoms with E-state index in [9.17, 15) is 5.11 Å². The molecule has 0 amide bonds. The summed E-state index contributed by atoms with van der Waals surface area (Å²) in [5.41, 5.74) is 5.33. The van der Waals surface area contributed by atoms with Crippen LogP contribution in [0.3, 0.4) is 0 Å². The summed E-state index contributed by atoms with van der Waals surface area (Å²) in [5, 5.41) is 36.0. The Morgan fingerprint density at radius 1 is 1.17 bits per heavy atom. The van der Waals surface area contributed by atoms with E-state index in [1.54, 1.807) is 0 Å². The van der Waals surface area contributed by atoms with Crippen LogP contribution in [0.4, 0.5) is 0 Å². The SMILES string of the molecule is N[C@H]1[C@@H](O)[C@@H](O)O[C@H](CO)[C@H]1O. The van der Waals surface area contributed by atoms with Crippen LogP contribution in [0, 0.1) is 0 Å². The Morgan fingerprint density at radius 3 is 2.25 bits per heavy atom. The maximum Gasteiger partial charge on any atom is 0.183 e. The lowest BCUT2D eigenvalue weighted by Crippen LogP contribution is -2.62. The minimum absolute atomic E-state index is 0.446. The highest BCUT2D eigenvalue weighted by Gasteiger charge is 2.41. The zero-order valence-corrected chi connectivity index (χ0v) is 6.37. The molecule has 1 rings (SSSR count). The van der Waals surface area contributed by atoms with Gasteiger partial charge in [-0.05, 0) is 0 Å². The summed E-state index contributed by atoms with van der Waals surface area (Å²) in [6, 6.07) is -0.995. The highest BCUT2D eigenvalue weighted by molar-refractivity contribution is 4.90. The Kier molecular flexibility index (Phi) is 2.99. The fourth-order valence-electron chi connectivity index (χ4n) is 1.13. The van der Waals surface area contributed by atoms with Gasteiger partial charge in [0, 0.05) is 0 Å². The van der Waals surface area contributed by atoms with Gasteiger partial charge in [0.1, 0.15) is 18.3 Å². The molecule has 0 unspecified atom stereocenters. The van der Waals surface area contributed by atoms with Crippen molar-refractivity contribution in [3.8, 4) is 0 Å². The van der Waals surface area contributed by atoms with Crippen LogP contribution in [-0.2, 0) is 4.74 Å². The van der Waals surface area contributed by atoms with Crippen molar-refractivity contribution in [3.63, 3.8) is 0 Å². The predicted molar refractivity (Wildman–Crippen MR) is 38.0 cm³/mol. The van der Waals surface area contributed by atoms with Gasteiger partial charge in [-0.1, -0.05) is 0 Å². The number of nitrogens with two attached hydrogens (primary N) is 1. The topological polar surface area (TPSA) is 116 Å². The number of hydrogen-bond donors (Lipinski definition) is 5. The van der Waals surface area contributed by atoms with Crippen molar-refractivity contribution in [2.75, 3.05) is 6.61 Å². The molecule has 0 spiro atoms. The average Bonchev–Trinajstić information content (AvgIpc) is 2.08. The molecule has 6 N–H and O–H groups in total. The molecule has 1 aliphatic rings. The van der Waals surface area contributed by atoms with Crippen LogP contribution in [0.5, 0.6) is 0 Å². The van der Waals surface area contributed by atoms with Crippen LogP contribution in [0.2, 0.25) is 0 Å². The molecule has 5 atom stereocenters. The molecule has 1 heterocycles. The average molecular weight is 179 g/mol. The van der Waals surface area contributed by atoms with Crippen LogP contribution in [0.1, 0.15) is 0 Å². The quantitative estimate of drug-likeness (QED) is 0.288. The zero-order chi connectivity index (χ0) is 9.30. The van der Waals surface area contributed by atoms with E-state index < -0.39 is 37.3 Å². The number of hydrogen-bond acceptors (Lipinski definition) is 6. The molecule has 12 heavy (non-hydrogen) atoms. The van der Waals surface area contributed by atoms with Crippen LogP contribution in [-0.4, -0.2) is 57.7 Å². The highest BCUT2D eigenvalue weighted by Crippen LogP contribution is 2.17. The molecule has 6 heteroatoms. The van der Waals surface area contributed by atoms with Crippen LogP contribution < -0.4 is 5.73 Å². The fraction of sp³-hybridized carbons (Fsp3) is 1.00. The normalized spacial score (nSPS) is 49.2. The summed E-state index contributed by atoms with van der Waals surface area (Å²) in [6.45, 7) is -0.446.